The van der Waals surface area contributed by atoms with Crippen molar-refractivity contribution in [1.82, 2.24) is 0 Å². The number of nitrogens with one attached hydrogen (secondary N) is 1. The molecule has 4 heteroatoms. The van der Waals surface area contributed by atoms with Crippen molar-refractivity contribution >= 4 is 11.7 Å². The number of carbonyl (C=O) groups excluding carboxylic acids is 1. The molecule has 0 saturated heterocycles. The zero-order valence-electron chi connectivity index (χ0n) is 13.2. The van der Waals surface area contributed by atoms with Crippen LogP contribution in [0.4, 0.5) is 10.1 Å². The minimum Gasteiger partial charge on any atom is -0.465 e. The molecule has 0 fully saturated rings. The molecule has 21 heavy (non-hydrogen) atoms. The lowest BCUT2D eigenvalue weighted by Gasteiger charge is -2.16. The lowest BCUT2D eigenvalue weighted by atomic mass is 10.1. The molecule has 0 amide bonds. The smallest absolute Gasteiger partial charge is 0.337 e. The Kier molecular flexibility index (Phi) is 7.80. The van der Waals surface area contributed by atoms with Crippen molar-refractivity contribution in [3.8, 4) is 0 Å². The van der Waals surface area contributed by atoms with Gasteiger partial charge in [0.15, 0.2) is 0 Å². The van der Waals surface area contributed by atoms with Crippen LogP contribution < -0.4 is 5.32 Å². The van der Waals surface area contributed by atoms with Gasteiger partial charge in [-0.3, -0.25) is 0 Å². The second-order valence-electron chi connectivity index (χ2n) is 5.43. The van der Waals surface area contributed by atoms with Crippen molar-refractivity contribution in [3.63, 3.8) is 0 Å². The van der Waals surface area contributed by atoms with E-state index in [1.54, 1.807) is 0 Å². The molecular weight excluding hydrogens is 269 g/mol. The molecule has 0 bridgehead atoms. The number of halogens is 1. The number of carbonyl (C=O) groups is 1. The van der Waals surface area contributed by atoms with Gasteiger partial charge in [0.25, 0.3) is 0 Å². The van der Waals surface area contributed by atoms with Gasteiger partial charge in [-0.25, -0.2) is 9.18 Å². The fraction of sp³-hybridized carbons (Fsp3) is 0.588. The summed E-state index contributed by atoms with van der Waals surface area (Å²) in [6, 6.07) is 4.41. The highest BCUT2D eigenvalue weighted by atomic mass is 19.1. The standard InChI is InChI=1S/C17H26FNO2/c1-4-5-6-7-8-9-13(2)19-16-12-14(17(20)21-3)10-11-15(16)18/h10-13,19H,4-9H2,1-3H3. The van der Waals surface area contributed by atoms with Crippen molar-refractivity contribution in [2.75, 3.05) is 12.4 Å². The van der Waals surface area contributed by atoms with E-state index in [9.17, 15) is 9.18 Å². The van der Waals surface area contributed by atoms with Crippen molar-refractivity contribution in [2.45, 2.75) is 58.4 Å². The molecule has 0 radical (unpaired) electrons. The van der Waals surface area contributed by atoms with Crippen LogP contribution >= 0.6 is 0 Å². The summed E-state index contributed by atoms with van der Waals surface area (Å²) >= 11 is 0. The number of esters is 1. The Morgan fingerprint density at radius 3 is 2.67 bits per heavy atom. The Morgan fingerprint density at radius 1 is 1.29 bits per heavy atom. The predicted octanol–water partition coefficient (Wildman–Crippen LogP) is 4.77. The summed E-state index contributed by atoms with van der Waals surface area (Å²) in [4.78, 5) is 11.5. The van der Waals surface area contributed by atoms with Crippen molar-refractivity contribution in [1.29, 1.82) is 0 Å². The Hall–Kier alpha value is -1.58. The third-order valence-electron chi connectivity index (χ3n) is 3.53. The van der Waals surface area contributed by atoms with E-state index in [2.05, 4.69) is 17.0 Å². The molecule has 1 unspecified atom stereocenters. The largest absolute Gasteiger partial charge is 0.465 e. The Bertz CT molecular complexity index is 448. The first kappa shape index (κ1) is 17.5. The number of methoxy groups -OCH3 is 1. The fourth-order valence-electron chi connectivity index (χ4n) is 2.27. The van der Waals surface area contributed by atoms with Gasteiger partial charge < -0.3 is 10.1 Å². The van der Waals surface area contributed by atoms with Crippen LogP contribution in [0.5, 0.6) is 0 Å². The molecule has 118 valence electrons. The molecule has 0 aliphatic carbocycles. The maximum Gasteiger partial charge on any atom is 0.337 e. The first-order chi connectivity index (χ1) is 10.1. The Morgan fingerprint density at radius 2 is 2.00 bits per heavy atom. The van der Waals surface area contributed by atoms with E-state index in [4.69, 9.17) is 0 Å². The van der Waals surface area contributed by atoms with Crippen LogP contribution in [0.15, 0.2) is 18.2 Å². The van der Waals surface area contributed by atoms with Gasteiger partial charge in [0, 0.05) is 6.04 Å². The number of anilines is 1. The molecule has 3 nitrogen and oxygen atoms in total. The van der Waals surface area contributed by atoms with Crippen LogP contribution in [-0.2, 0) is 4.74 Å². The van der Waals surface area contributed by atoms with Gasteiger partial charge in [0.1, 0.15) is 5.82 Å². The number of ether oxygens (including phenoxy) is 1. The monoisotopic (exact) mass is 295 g/mol. The molecule has 0 aliphatic rings. The van der Waals surface area contributed by atoms with E-state index >= 15 is 0 Å². The highest BCUT2D eigenvalue weighted by Gasteiger charge is 2.11. The van der Waals surface area contributed by atoms with Crippen molar-refractivity contribution in [2.24, 2.45) is 0 Å². The number of rotatable bonds is 9. The Labute approximate surface area is 126 Å². The van der Waals surface area contributed by atoms with E-state index in [0.717, 1.165) is 12.8 Å². The van der Waals surface area contributed by atoms with Crippen molar-refractivity contribution < 1.29 is 13.9 Å². The number of hydrogen-bond acceptors (Lipinski definition) is 3. The highest BCUT2D eigenvalue weighted by Crippen LogP contribution is 2.19. The maximum atomic E-state index is 13.8. The molecular formula is C17H26FNO2. The summed E-state index contributed by atoms with van der Waals surface area (Å²) in [7, 11) is 1.32. The lowest BCUT2D eigenvalue weighted by molar-refractivity contribution is 0.0600. The van der Waals surface area contributed by atoms with Crippen LogP contribution in [0, 0.1) is 5.82 Å². The molecule has 1 atom stereocenters. The average molecular weight is 295 g/mol. The highest BCUT2D eigenvalue weighted by molar-refractivity contribution is 5.90. The second kappa shape index (κ2) is 9.37. The summed E-state index contributed by atoms with van der Waals surface area (Å²) in [5, 5.41) is 3.14. The second-order valence-corrected chi connectivity index (χ2v) is 5.43. The van der Waals surface area contributed by atoms with E-state index in [0.29, 0.717) is 11.3 Å². The summed E-state index contributed by atoms with van der Waals surface area (Å²) in [5.74, 6) is -0.800. The number of benzene rings is 1. The quantitative estimate of drug-likeness (QED) is 0.526. The molecule has 1 aromatic carbocycles. The summed E-state index contributed by atoms with van der Waals surface area (Å²) in [5.41, 5.74) is 0.718. The van der Waals surface area contributed by atoms with E-state index in [1.165, 1.54) is 51.0 Å². The van der Waals surface area contributed by atoms with E-state index < -0.39 is 5.97 Å². The van der Waals surface area contributed by atoms with Gasteiger partial charge in [-0.05, 0) is 31.5 Å². The lowest BCUT2D eigenvalue weighted by Crippen LogP contribution is -2.16. The third-order valence-corrected chi connectivity index (χ3v) is 3.53. The minimum absolute atomic E-state index is 0.175. The number of unbranched alkanes of at least 4 members (excludes halogenated alkanes) is 4. The van der Waals surface area contributed by atoms with Crippen LogP contribution in [0.25, 0.3) is 0 Å². The van der Waals surface area contributed by atoms with Crippen molar-refractivity contribution in [3.05, 3.63) is 29.6 Å². The molecule has 1 N–H and O–H groups in total. The molecule has 0 aromatic heterocycles. The first-order valence-corrected chi connectivity index (χ1v) is 7.72. The molecule has 0 heterocycles. The average Bonchev–Trinajstić information content (AvgIpc) is 2.48. The normalized spacial score (nSPS) is 12.0. The third kappa shape index (κ3) is 6.15. The van der Waals surface area contributed by atoms with Gasteiger partial charge in [-0.2, -0.15) is 0 Å². The summed E-state index contributed by atoms with van der Waals surface area (Å²) in [6.45, 7) is 4.23. The minimum atomic E-state index is -0.453. The summed E-state index contributed by atoms with van der Waals surface area (Å²) in [6.07, 6.45) is 7.11. The van der Waals surface area contributed by atoms with E-state index in [1.807, 2.05) is 6.92 Å². The molecule has 1 aromatic rings. The topological polar surface area (TPSA) is 38.3 Å². The SMILES string of the molecule is CCCCCCCC(C)Nc1cc(C(=O)OC)ccc1F. The zero-order valence-corrected chi connectivity index (χ0v) is 13.2. The first-order valence-electron chi connectivity index (χ1n) is 7.72. The van der Waals surface area contributed by atoms with Crippen LogP contribution in [-0.4, -0.2) is 19.1 Å². The fourth-order valence-corrected chi connectivity index (χ4v) is 2.27. The summed E-state index contributed by atoms with van der Waals surface area (Å²) < 4.78 is 18.4. The zero-order chi connectivity index (χ0) is 15.7. The Balaban J connectivity index is 2.51. The predicted molar refractivity (Wildman–Crippen MR) is 84.2 cm³/mol. The molecule has 0 saturated carbocycles. The van der Waals surface area contributed by atoms with Crippen LogP contribution in [0.2, 0.25) is 0 Å². The number of hydrogen-bond donors (Lipinski definition) is 1. The molecule has 0 aliphatic heterocycles. The van der Waals surface area contributed by atoms with Crippen LogP contribution in [0.1, 0.15) is 62.7 Å². The van der Waals surface area contributed by atoms with Gasteiger partial charge in [-0.15, -0.1) is 0 Å². The maximum absolute atomic E-state index is 13.8. The molecule has 1 rings (SSSR count). The van der Waals surface area contributed by atoms with Gasteiger partial charge in [0.2, 0.25) is 0 Å². The van der Waals surface area contributed by atoms with Gasteiger partial charge in [0.05, 0.1) is 18.4 Å². The van der Waals surface area contributed by atoms with Crippen LogP contribution in [0.3, 0.4) is 0 Å². The molecule has 0 spiro atoms. The van der Waals surface area contributed by atoms with Gasteiger partial charge in [-0.1, -0.05) is 39.0 Å². The van der Waals surface area contributed by atoms with Gasteiger partial charge >= 0.3 is 5.97 Å². The van der Waals surface area contributed by atoms with E-state index in [-0.39, 0.29) is 11.9 Å².